The molecule has 17 heavy (non-hydrogen) atoms. The quantitative estimate of drug-likeness (QED) is 0.916. The number of aryl methyl sites for hydroxylation is 2. The molecule has 0 saturated heterocycles. The van der Waals surface area contributed by atoms with Gasteiger partial charge in [0.25, 0.3) is 0 Å². The molecule has 1 heterocycles. The minimum atomic E-state index is 0.935. The summed E-state index contributed by atoms with van der Waals surface area (Å²) in [5.41, 5.74) is 5.48. The summed E-state index contributed by atoms with van der Waals surface area (Å²) < 4.78 is 1.12. The third-order valence-corrected chi connectivity index (χ3v) is 4.29. The van der Waals surface area contributed by atoms with Crippen LogP contribution in [0.25, 0.3) is 0 Å². The van der Waals surface area contributed by atoms with E-state index in [1.165, 1.54) is 10.4 Å². The zero-order chi connectivity index (χ0) is 12.3. The van der Waals surface area contributed by atoms with E-state index in [1.807, 2.05) is 5.51 Å². The van der Waals surface area contributed by atoms with E-state index < -0.39 is 0 Å². The number of hydrogen-bond acceptors (Lipinski definition) is 3. The van der Waals surface area contributed by atoms with Gasteiger partial charge in [-0.05, 0) is 47.5 Å². The van der Waals surface area contributed by atoms with Gasteiger partial charge in [-0.15, -0.1) is 11.3 Å². The van der Waals surface area contributed by atoms with Crippen molar-refractivity contribution >= 4 is 33.0 Å². The van der Waals surface area contributed by atoms with Gasteiger partial charge < -0.3 is 5.32 Å². The molecule has 2 rings (SSSR count). The van der Waals surface area contributed by atoms with Crippen LogP contribution in [0.1, 0.15) is 16.1 Å². The Morgan fingerprint density at radius 1 is 1.35 bits per heavy atom. The minimum absolute atomic E-state index is 0.935. The first-order chi connectivity index (χ1) is 8.16. The number of thiazole rings is 1. The number of benzene rings is 1. The third-order valence-electron chi connectivity index (χ3n) is 2.64. The Morgan fingerprint density at radius 3 is 2.82 bits per heavy atom. The zero-order valence-electron chi connectivity index (χ0n) is 9.96. The van der Waals surface area contributed by atoms with Crippen molar-refractivity contribution in [1.29, 1.82) is 0 Å². The lowest BCUT2D eigenvalue weighted by atomic mass is 10.2. The second kappa shape index (κ2) is 5.65. The van der Waals surface area contributed by atoms with Crippen molar-refractivity contribution < 1.29 is 0 Å². The molecular formula is C13H15BrN2S. The molecule has 1 aromatic heterocycles. The predicted molar refractivity (Wildman–Crippen MR) is 77.9 cm³/mol. The molecule has 0 saturated carbocycles. The highest BCUT2D eigenvalue weighted by Crippen LogP contribution is 2.23. The molecule has 0 spiro atoms. The molecule has 0 aliphatic heterocycles. The molecule has 1 N–H and O–H groups in total. The largest absolute Gasteiger partial charge is 0.384 e. The Hall–Kier alpha value is -0.870. The number of rotatable bonds is 4. The molecule has 0 aliphatic rings. The van der Waals surface area contributed by atoms with E-state index in [4.69, 9.17) is 0 Å². The lowest BCUT2D eigenvalue weighted by molar-refractivity contribution is 1.02. The van der Waals surface area contributed by atoms with Gasteiger partial charge >= 0.3 is 0 Å². The van der Waals surface area contributed by atoms with E-state index in [0.29, 0.717) is 0 Å². The van der Waals surface area contributed by atoms with Crippen molar-refractivity contribution in [3.8, 4) is 0 Å². The lowest BCUT2D eigenvalue weighted by Gasteiger charge is -2.08. The Bertz CT molecular complexity index is 508. The average molecular weight is 311 g/mol. The van der Waals surface area contributed by atoms with E-state index in [-0.39, 0.29) is 0 Å². The van der Waals surface area contributed by atoms with Crippen molar-refractivity contribution in [1.82, 2.24) is 4.98 Å². The van der Waals surface area contributed by atoms with Gasteiger partial charge in [0.15, 0.2) is 0 Å². The fourth-order valence-electron chi connectivity index (χ4n) is 1.64. The highest BCUT2D eigenvalue weighted by atomic mass is 79.9. The highest BCUT2D eigenvalue weighted by Gasteiger charge is 2.02. The summed E-state index contributed by atoms with van der Waals surface area (Å²) in [5.74, 6) is 0. The Morgan fingerprint density at radius 2 is 2.18 bits per heavy atom. The minimum Gasteiger partial charge on any atom is -0.384 e. The van der Waals surface area contributed by atoms with Gasteiger partial charge in [-0.25, -0.2) is 4.98 Å². The van der Waals surface area contributed by atoms with E-state index in [9.17, 15) is 0 Å². The van der Waals surface area contributed by atoms with Crippen LogP contribution in [0.3, 0.4) is 0 Å². The van der Waals surface area contributed by atoms with Gasteiger partial charge in [0.05, 0.1) is 11.2 Å². The summed E-state index contributed by atoms with van der Waals surface area (Å²) in [4.78, 5) is 5.61. The van der Waals surface area contributed by atoms with Crippen LogP contribution in [-0.4, -0.2) is 11.5 Å². The van der Waals surface area contributed by atoms with Crippen LogP contribution >= 0.6 is 27.3 Å². The maximum atomic E-state index is 4.25. The molecule has 0 atom stereocenters. The van der Waals surface area contributed by atoms with Crippen LogP contribution in [0.15, 0.2) is 28.2 Å². The number of hydrogen-bond donors (Lipinski definition) is 1. The molecule has 0 unspecified atom stereocenters. The normalized spacial score (nSPS) is 10.5. The summed E-state index contributed by atoms with van der Waals surface area (Å²) in [6, 6.07) is 6.35. The van der Waals surface area contributed by atoms with Crippen molar-refractivity contribution in [3.05, 3.63) is 44.3 Å². The molecule has 0 amide bonds. The van der Waals surface area contributed by atoms with Gasteiger partial charge in [-0.3, -0.25) is 0 Å². The Labute approximate surface area is 114 Å². The van der Waals surface area contributed by atoms with E-state index >= 15 is 0 Å². The average Bonchev–Trinajstić information content (AvgIpc) is 2.68. The summed E-state index contributed by atoms with van der Waals surface area (Å²) in [7, 11) is 0. The summed E-state index contributed by atoms with van der Waals surface area (Å²) in [6.45, 7) is 5.09. The standard InChI is InChI=1S/C13H15BrN2S/c1-9-3-4-12(11(14)7-9)15-6-5-13-10(2)16-8-17-13/h3-4,7-8,15H,5-6H2,1-2H3. The lowest BCUT2D eigenvalue weighted by Crippen LogP contribution is -2.05. The number of nitrogens with one attached hydrogen (secondary N) is 1. The van der Waals surface area contributed by atoms with Crippen LogP contribution < -0.4 is 5.32 Å². The van der Waals surface area contributed by atoms with Crippen molar-refractivity contribution in [2.75, 3.05) is 11.9 Å². The number of nitrogens with zero attached hydrogens (tertiary/aromatic N) is 1. The maximum absolute atomic E-state index is 4.25. The Balaban J connectivity index is 1.92. The topological polar surface area (TPSA) is 24.9 Å². The van der Waals surface area contributed by atoms with Crippen molar-refractivity contribution in [2.45, 2.75) is 20.3 Å². The monoisotopic (exact) mass is 310 g/mol. The van der Waals surface area contributed by atoms with E-state index in [2.05, 4.69) is 58.3 Å². The first kappa shape index (κ1) is 12.6. The molecule has 0 fully saturated rings. The molecule has 90 valence electrons. The summed E-state index contributed by atoms with van der Waals surface area (Å²) >= 11 is 5.30. The fraction of sp³-hybridized carbons (Fsp3) is 0.308. The van der Waals surface area contributed by atoms with Crippen molar-refractivity contribution in [3.63, 3.8) is 0 Å². The van der Waals surface area contributed by atoms with Crippen molar-refractivity contribution in [2.24, 2.45) is 0 Å². The maximum Gasteiger partial charge on any atom is 0.0797 e. The molecule has 0 aliphatic carbocycles. The van der Waals surface area contributed by atoms with Gasteiger partial charge in [0.2, 0.25) is 0 Å². The predicted octanol–water partition coefficient (Wildman–Crippen LogP) is 4.18. The van der Waals surface area contributed by atoms with Crippen LogP contribution in [0, 0.1) is 13.8 Å². The fourth-order valence-corrected chi connectivity index (χ4v) is 3.06. The van der Waals surface area contributed by atoms with Gasteiger partial charge in [0, 0.05) is 28.0 Å². The molecule has 1 aromatic carbocycles. The first-order valence-corrected chi connectivity index (χ1v) is 7.23. The summed E-state index contributed by atoms with van der Waals surface area (Å²) in [5, 5.41) is 3.44. The molecule has 4 heteroatoms. The first-order valence-electron chi connectivity index (χ1n) is 5.56. The highest BCUT2D eigenvalue weighted by molar-refractivity contribution is 9.10. The van der Waals surface area contributed by atoms with E-state index in [1.54, 1.807) is 11.3 Å². The molecular weight excluding hydrogens is 296 g/mol. The smallest absolute Gasteiger partial charge is 0.0797 e. The Kier molecular flexibility index (Phi) is 4.18. The number of aromatic nitrogens is 1. The SMILES string of the molecule is Cc1ccc(NCCc2scnc2C)c(Br)c1. The van der Waals surface area contributed by atoms with Crippen LogP contribution in [0.2, 0.25) is 0 Å². The van der Waals surface area contributed by atoms with E-state index in [0.717, 1.165) is 28.8 Å². The van der Waals surface area contributed by atoms with Gasteiger partial charge in [0.1, 0.15) is 0 Å². The second-order valence-corrected chi connectivity index (χ2v) is 5.81. The van der Waals surface area contributed by atoms with Crippen LogP contribution in [0.5, 0.6) is 0 Å². The number of anilines is 1. The van der Waals surface area contributed by atoms with Gasteiger partial charge in [-0.1, -0.05) is 6.07 Å². The second-order valence-electron chi connectivity index (χ2n) is 4.02. The van der Waals surface area contributed by atoms with Crippen LogP contribution in [-0.2, 0) is 6.42 Å². The molecule has 0 bridgehead atoms. The molecule has 2 aromatic rings. The van der Waals surface area contributed by atoms with Crippen LogP contribution in [0.4, 0.5) is 5.69 Å². The number of halogens is 1. The molecule has 0 radical (unpaired) electrons. The third kappa shape index (κ3) is 3.30. The zero-order valence-corrected chi connectivity index (χ0v) is 12.4. The summed E-state index contributed by atoms with van der Waals surface area (Å²) in [6.07, 6.45) is 1.02. The van der Waals surface area contributed by atoms with Gasteiger partial charge in [-0.2, -0.15) is 0 Å². The molecule has 2 nitrogen and oxygen atoms in total.